The van der Waals surface area contributed by atoms with Gasteiger partial charge in [0.15, 0.2) is 0 Å². The van der Waals surface area contributed by atoms with Gasteiger partial charge in [-0.15, -0.1) is 0 Å². The number of aromatic nitrogens is 3. The molecule has 16 heavy (non-hydrogen) atoms. The summed E-state index contributed by atoms with van der Waals surface area (Å²) in [6, 6.07) is 3.95. The molecule has 0 saturated carbocycles. The Balaban J connectivity index is 2.16. The molecule has 2 rings (SSSR count). The van der Waals surface area contributed by atoms with E-state index in [1.807, 2.05) is 13.0 Å². The minimum absolute atomic E-state index is 0.526. The van der Waals surface area contributed by atoms with Crippen molar-refractivity contribution in [2.45, 2.75) is 13.5 Å². The van der Waals surface area contributed by atoms with Crippen LogP contribution < -0.4 is 5.32 Å². The van der Waals surface area contributed by atoms with Gasteiger partial charge in [-0.1, -0.05) is 0 Å². The summed E-state index contributed by atoms with van der Waals surface area (Å²) < 4.78 is 0. The Morgan fingerprint density at radius 2 is 2.31 bits per heavy atom. The molecule has 5 heteroatoms. The van der Waals surface area contributed by atoms with Gasteiger partial charge in [-0.2, -0.15) is 5.26 Å². The first kappa shape index (κ1) is 10.2. The fourth-order valence-corrected chi connectivity index (χ4v) is 1.40. The number of hydrogen-bond donors (Lipinski definition) is 2. The van der Waals surface area contributed by atoms with Crippen LogP contribution in [0.4, 0.5) is 5.82 Å². The molecule has 80 valence electrons. The second-order valence-corrected chi connectivity index (χ2v) is 3.35. The minimum Gasteiger partial charge on any atom is -0.362 e. The summed E-state index contributed by atoms with van der Waals surface area (Å²) in [5.41, 5.74) is 1.49. The molecule has 0 radical (unpaired) electrons. The Kier molecular flexibility index (Phi) is 2.83. The first-order valence-corrected chi connectivity index (χ1v) is 4.89. The van der Waals surface area contributed by atoms with E-state index in [2.05, 4.69) is 26.3 Å². The second-order valence-electron chi connectivity index (χ2n) is 3.35. The summed E-state index contributed by atoms with van der Waals surface area (Å²) >= 11 is 0. The van der Waals surface area contributed by atoms with Gasteiger partial charge >= 0.3 is 0 Å². The van der Waals surface area contributed by atoms with Crippen molar-refractivity contribution in [1.29, 1.82) is 5.26 Å². The van der Waals surface area contributed by atoms with Crippen molar-refractivity contribution in [3.8, 4) is 6.07 Å². The standard InChI is InChI=1S/C11H11N5/c1-8-2-3-15-11(9(8)6-12)16-7-10-13-4-5-14-10/h2-5H,7H2,1H3,(H,13,14)(H,15,16). The van der Waals surface area contributed by atoms with Crippen LogP contribution in [0.25, 0.3) is 0 Å². The van der Waals surface area contributed by atoms with Crippen LogP contribution in [0.5, 0.6) is 0 Å². The fourth-order valence-electron chi connectivity index (χ4n) is 1.40. The molecule has 0 saturated heterocycles. The number of nitrogens with one attached hydrogen (secondary N) is 2. The molecule has 0 amide bonds. The summed E-state index contributed by atoms with van der Waals surface area (Å²) in [7, 11) is 0. The summed E-state index contributed by atoms with van der Waals surface area (Å²) in [4.78, 5) is 11.2. The molecule has 0 aliphatic heterocycles. The molecule has 0 bridgehead atoms. The lowest BCUT2D eigenvalue weighted by Crippen LogP contribution is -2.05. The third-order valence-electron chi connectivity index (χ3n) is 2.25. The van der Waals surface area contributed by atoms with Gasteiger partial charge in [0, 0.05) is 18.6 Å². The van der Waals surface area contributed by atoms with Gasteiger partial charge in [-0.3, -0.25) is 0 Å². The van der Waals surface area contributed by atoms with Crippen molar-refractivity contribution >= 4 is 5.82 Å². The van der Waals surface area contributed by atoms with E-state index >= 15 is 0 Å². The molecule has 0 aliphatic rings. The van der Waals surface area contributed by atoms with Crippen LogP contribution in [0.2, 0.25) is 0 Å². The first-order valence-electron chi connectivity index (χ1n) is 4.89. The van der Waals surface area contributed by atoms with Gasteiger partial charge in [-0.05, 0) is 18.6 Å². The van der Waals surface area contributed by atoms with Gasteiger partial charge < -0.3 is 10.3 Å². The molecule has 5 nitrogen and oxygen atoms in total. The molecule has 0 unspecified atom stereocenters. The summed E-state index contributed by atoms with van der Waals surface area (Å²) in [6.45, 7) is 2.41. The maximum absolute atomic E-state index is 9.00. The number of hydrogen-bond acceptors (Lipinski definition) is 4. The Bertz CT molecular complexity index is 510. The first-order chi connectivity index (χ1) is 7.81. The highest BCUT2D eigenvalue weighted by molar-refractivity contribution is 5.55. The number of rotatable bonds is 3. The van der Waals surface area contributed by atoms with Crippen molar-refractivity contribution in [2.75, 3.05) is 5.32 Å². The zero-order chi connectivity index (χ0) is 11.4. The van der Waals surface area contributed by atoms with Crippen LogP contribution in [0.15, 0.2) is 24.7 Å². The van der Waals surface area contributed by atoms with Gasteiger partial charge in [0.2, 0.25) is 0 Å². The number of pyridine rings is 1. The number of nitrogens with zero attached hydrogens (tertiary/aromatic N) is 3. The molecule has 2 aromatic rings. The molecule has 0 spiro atoms. The Labute approximate surface area is 93.2 Å². The van der Waals surface area contributed by atoms with Gasteiger partial charge in [0.25, 0.3) is 0 Å². The quantitative estimate of drug-likeness (QED) is 0.811. The van der Waals surface area contributed by atoms with E-state index < -0.39 is 0 Å². The molecular formula is C11H11N5. The molecule has 0 aromatic carbocycles. The maximum Gasteiger partial charge on any atom is 0.144 e. The molecule has 2 heterocycles. The van der Waals surface area contributed by atoms with Crippen LogP contribution >= 0.6 is 0 Å². The number of imidazole rings is 1. The van der Waals surface area contributed by atoms with E-state index in [0.717, 1.165) is 11.4 Å². The largest absolute Gasteiger partial charge is 0.362 e. The zero-order valence-electron chi connectivity index (χ0n) is 8.86. The Morgan fingerprint density at radius 3 is 3.00 bits per heavy atom. The third kappa shape index (κ3) is 2.01. The number of anilines is 1. The van der Waals surface area contributed by atoms with E-state index in [0.29, 0.717) is 17.9 Å². The molecular weight excluding hydrogens is 202 g/mol. The molecule has 2 N–H and O–H groups in total. The van der Waals surface area contributed by atoms with Gasteiger partial charge in [0.1, 0.15) is 17.7 Å². The minimum atomic E-state index is 0.526. The van der Waals surface area contributed by atoms with E-state index in [-0.39, 0.29) is 0 Å². The normalized spacial score (nSPS) is 9.75. The van der Waals surface area contributed by atoms with Crippen molar-refractivity contribution in [1.82, 2.24) is 15.0 Å². The third-order valence-corrected chi connectivity index (χ3v) is 2.25. The van der Waals surface area contributed by atoms with Gasteiger partial charge in [0.05, 0.1) is 12.1 Å². The molecule has 2 aromatic heterocycles. The lowest BCUT2D eigenvalue weighted by atomic mass is 10.1. The second kappa shape index (κ2) is 4.45. The highest BCUT2D eigenvalue weighted by atomic mass is 15.0. The summed E-state index contributed by atoms with van der Waals surface area (Å²) in [5, 5.41) is 12.1. The van der Waals surface area contributed by atoms with E-state index in [4.69, 9.17) is 5.26 Å². The molecule has 0 aliphatic carbocycles. The van der Waals surface area contributed by atoms with E-state index in [1.54, 1.807) is 18.6 Å². The number of aromatic amines is 1. The van der Waals surface area contributed by atoms with Crippen LogP contribution in [-0.4, -0.2) is 15.0 Å². The topological polar surface area (TPSA) is 77.4 Å². The Hall–Kier alpha value is -2.35. The van der Waals surface area contributed by atoms with E-state index in [9.17, 15) is 0 Å². The highest BCUT2D eigenvalue weighted by Crippen LogP contribution is 2.15. The predicted octanol–water partition coefficient (Wildman–Crippen LogP) is 1.60. The fraction of sp³-hybridized carbons (Fsp3) is 0.182. The predicted molar refractivity (Wildman–Crippen MR) is 59.6 cm³/mol. The average molecular weight is 213 g/mol. The SMILES string of the molecule is Cc1ccnc(NCc2ncc[nH]2)c1C#N. The summed E-state index contributed by atoms with van der Waals surface area (Å²) in [5.74, 6) is 1.41. The number of aryl methyl sites for hydroxylation is 1. The number of H-pyrrole nitrogens is 1. The average Bonchev–Trinajstić information content (AvgIpc) is 2.79. The lowest BCUT2D eigenvalue weighted by molar-refractivity contribution is 0.985. The van der Waals surface area contributed by atoms with Crippen molar-refractivity contribution in [3.63, 3.8) is 0 Å². The lowest BCUT2D eigenvalue weighted by Gasteiger charge is -2.06. The Morgan fingerprint density at radius 1 is 1.44 bits per heavy atom. The van der Waals surface area contributed by atoms with Crippen LogP contribution in [0, 0.1) is 18.3 Å². The zero-order valence-corrected chi connectivity index (χ0v) is 8.86. The smallest absolute Gasteiger partial charge is 0.144 e. The van der Waals surface area contributed by atoms with Crippen molar-refractivity contribution < 1.29 is 0 Å². The van der Waals surface area contributed by atoms with Crippen molar-refractivity contribution in [2.24, 2.45) is 0 Å². The monoisotopic (exact) mass is 213 g/mol. The highest BCUT2D eigenvalue weighted by Gasteiger charge is 2.06. The van der Waals surface area contributed by atoms with Crippen LogP contribution in [0.1, 0.15) is 17.0 Å². The molecule has 0 atom stereocenters. The summed E-state index contributed by atoms with van der Waals surface area (Å²) in [6.07, 6.45) is 5.12. The van der Waals surface area contributed by atoms with Crippen molar-refractivity contribution in [3.05, 3.63) is 41.6 Å². The maximum atomic E-state index is 9.00. The number of nitriles is 1. The van der Waals surface area contributed by atoms with Crippen LogP contribution in [-0.2, 0) is 6.54 Å². The van der Waals surface area contributed by atoms with Gasteiger partial charge in [-0.25, -0.2) is 9.97 Å². The van der Waals surface area contributed by atoms with Crippen LogP contribution in [0.3, 0.4) is 0 Å². The van der Waals surface area contributed by atoms with E-state index in [1.165, 1.54) is 0 Å². The molecule has 0 fully saturated rings.